The van der Waals surface area contributed by atoms with Crippen molar-refractivity contribution < 1.29 is 22.5 Å². The van der Waals surface area contributed by atoms with Crippen LogP contribution in [0, 0.1) is 15.9 Å². The predicted octanol–water partition coefficient (Wildman–Crippen LogP) is 4.18. The number of benzene rings is 3. The number of amides is 2. The Hall–Kier alpha value is -3.99. The number of nitrogens with one attached hydrogen (secondary N) is 3. The van der Waals surface area contributed by atoms with Crippen molar-refractivity contribution in [1.82, 2.24) is 0 Å². The van der Waals surface area contributed by atoms with Crippen molar-refractivity contribution in [2.45, 2.75) is 4.90 Å². The molecule has 0 bridgehead atoms. The van der Waals surface area contributed by atoms with E-state index in [1.54, 1.807) is 0 Å². The third kappa shape index (κ3) is 5.29. The molecule has 0 aliphatic rings. The maximum absolute atomic E-state index is 13.3. The first-order valence-corrected chi connectivity index (χ1v) is 9.92. The minimum Gasteiger partial charge on any atom is -0.308 e. The summed E-state index contributed by atoms with van der Waals surface area (Å²) in [6, 6.07) is 15.1. The van der Waals surface area contributed by atoms with Crippen LogP contribution in [0.3, 0.4) is 0 Å². The number of hydrogen-bond acceptors (Lipinski definition) is 5. The fourth-order valence-electron chi connectivity index (χ4n) is 2.43. The van der Waals surface area contributed by atoms with Gasteiger partial charge in [-0.15, -0.1) is 0 Å². The number of sulfonamides is 1. The van der Waals surface area contributed by atoms with E-state index in [1.807, 2.05) is 0 Å². The summed E-state index contributed by atoms with van der Waals surface area (Å²) in [6.07, 6.45) is 0. The number of urea groups is 1. The largest absolute Gasteiger partial charge is 0.323 e. The van der Waals surface area contributed by atoms with Crippen molar-refractivity contribution in [2.75, 3.05) is 15.4 Å². The molecule has 0 saturated heterocycles. The highest BCUT2D eigenvalue weighted by molar-refractivity contribution is 7.92. The highest BCUT2D eigenvalue weighted by atomic mass is 32.2. The van der Waals surface area contributed by atoms with Gasteiger partial charge in [-0.2, -0.15) is 0 Å². The molecular formula is C19H15FN4O5S. The third-order valence-corrected chi connectivity index (χ3v) is 5.22. The highest BCUT2D eigenvalue weighted by Crippen LogP contribution is 2.20. The second kappa shape index (κ2) is 8.57. The number of halogens is 1. The molecular weight excluding hydrogens is 415 g/mol. The third-order valence-electron chi connectivity index (χ3n) is 3.84. The van der Waals surface area contributed by atoms with Gasteiger partial charge in [-0.25, -0.2) is 17.6 Å². The number of nitrogens with zero attached hydrogens (tertiary/aromatic N) is 1. The molecule has 0 spiro atoms. The van der Waals surface area contributed by atoms with Gasteiger partial charge in [0.1, 0.15) is 5.82 Å². The van der Waals surface area contributed by atoms with Gasteiger partial charge in [-0.3, -0.25) is 14.8 Å². The lowest BCUT2D eigenvalue weighted by atomic mass is 10.3. The molecule has 0 aliphatic heterocycles. The minimum absolute atomic E-state index is 0.0998. The normalized spacial score (nSPS) is 10.8. The second-order valence-electron chi connectivity index (χ2n) is 6.02. The van der Waals surface area contributed by atoms with Crippen molar-refractivity contribution in [3.8, 4) is 0 Å². The van der Waals surface area contributed by atoms with Crippen LogP contribution in [-0.2, 0) is 10.0 Å². The molecule has 0 aromatic heterocycles. The topological polar surface area (TPSA) is 130 Å². The average Bonchev–Trinajstić information content (AvgIpc) is 2.69. The van der Waals surface area contributed by atoms with Crippen molar-refractivity contribution in [3.05, 3.63) is 88.7 Å². The van der Waals surface area contributed by atoms with E-state index in [-0.39, 0.29) is 16.3 Å². The Kier molecular flexibility index (Phi) is 5.93. The highest BCUT2D eigenvalue weighted by Gasteiger charge is 2.15. The summed E-state index contributed by atoms with van der Waals surface area (Å²) in [5.41, 5.74) is 0.860. The fraction of sp³-hybridized carbons (Fsp3) is 0. The maximum atomic E-state index is 13.3. The quantitative estimate of drug-likeness (QED) is 0.399. The lowest BCUT2D eigenvalue weighted by molar-refractivity contribution is -0.384. The summed E-state index contributed by atoms with van der Waals surface area (Å²) in [4.78, 5) is 21.9. The molecule has 9 nitrogen and oxygen atoms in total. The van der Waals surface area contributed by atoms with Crippen LogP contribution in [0.2, 0.25) is 0 Å². The van der Waals surface area contributed by atoms with E-state index in [4.69, 9.17) is 0 Å². The molecule has 0 atom stereocenters. The van der Waals surface area contributed by atoms with Gasteiger partial charge in [0.25, 0.3) is 15.7 Å². The lowest BCUT2D eigenvalue weighted by Gasteiger charge is -2.10. The molecule has 154 valence electrons. The molecule has 0 unspecified atom stereocenters. The van der Waals surface area contributed by atoms with Gasteiger partial charge in [0.05, 0.1) is 9.82 Å². The standard InChI is InChI=1S/C19H15FN4O5S/c20-13-2-1-3-18(12-13)30(28,29)23-16-6-4-14(5-7-16)21-19(25)22-15-8-10-17(11-9-15)24(26)27/h1-12,23H,(H2,21,22,25). The van der Waals surface area contributed by atoms with E-state index in [0.29, 0.717) is 11.4 Å². The molecule has 3 N–H and O–H groups in total. The minimum atomic E-state index is -3.96. The number of anilines is 3. The van der Waals surface area contributed by atoms with Crippen molar-refractivity contribution in [1.29, 1.82) is 0 Å². The molecule has 30 heavy (non-hydrogen) atoms. The Morgan fingerprint density at radius 1 is 0.867 bits per heavy atom. The van der Waals surface area contributed by atoms with Gasteiger partial charge in [-0.05, 0) is 54.6 Å². The summed E-state index contributed by atoms with van der Waals surface area (Å²) in [5.74, 6) is -0.670. The monoisotopic (exact) mass is 430 g/mol. The molecule has 3 aromatic rings. The van der Waals surface area contributed by atoms with Gasteiger partial charge >= 0.3 is 6.03 Å². The average molecular weight is 430 g/mol. The molecule has 0 radical (unpaired) electrons. The first kappa shape index (κ1) is 20.7. The van der Waals surface area contributed by atoms with Crippen molar-refractivity contribution in [2.24, 2.45) is 0 Å². The number of non-ortho nitro benzene ring substituents is 1. The smallest absolute Gasteiger partial charge is 0.308 e. The molecule has 3 aromatic carbocycles. The summed E-state index contributed by atoms with van der Waals surface area (Å²) in [7, 11) is -3.96. The van der Waals surface area contributed by atoms with Crippen molar-refractivity contribution >= 4 is 38.8 Å². The molecule has 11 heteroatoms. The summed E-state index contributed by atoms with van der Waals surface area (Å²) >= 11 is 0. The number of nitro groups is 1. The number of rotatable bonds is 6. The van der Waals surface area contributed by atoms with Gasteiger partial charge < -0.3 is 10.6 Å². The maximum Gasteiger partial charge on any atom is 0.323 e. The Morgan fingerprint density at radius 2 is 1.40 bits per heavy atom. The fourth-order valence-corrected chi connectivity index (χ4v) is 3.52. The predicted molar refractivity (Wildman–Crippen MR) is 109 cm³/mol. The van der Waals surface area contributed by atoms with E-state index in [0.717, 1.165) is 12.1 Å². The van der Waals surface area contributed by atoms with E-state index in [1.165, 1.54) is 60.7 Å². The van der Waals surface area contributed by atoms with Crippen LogP contribution in [0.15, 0.2) is 77.7 Å². The first-order chi connectivity index (χ1) is 14.2. The Morgan fingerprint density at radius 3 is 1.93 bits per heavy atom. The number of nitro benzene ring substituents is 1. The molecule has 0 saturated carbocycles. The zero-order chi connectivity index (χ0) is 21.7. The molecule has 2 amide bonds. The Balaban J connectivity index is 1.61. The van der Waals surface area contributed by atoms with Gasteiger partial charge in [0.15, 0.2) is 0 Å². The van der Waals surface area contributed by atoms with E-state index >= 15 is 0 Å². The van der Waals surface area contributed by atoms with Crippen LogP contribution in [0.25, 0.3) is 0 Å². The van der Waals surface area contributed by atoms with Crippen LogP contribution in [0.5, 0.6) is 0 Å². The summed E-state index contributed by atoms with van der Waals surface area (Å²) in [5, 5.41) is 15.7. The van der Waals surface area contributed by atoms with Crippen LogP contribution in [0.4, 0.5) is 31.9 Å². The molecule has 0 heterocycles. The lowest BCUT2D eigenvalue weighted by Crippen LogP contribution is -2.19. The number of hydrogen-bond donors (Lipinski definition) is 3. The van der Waals surface area contributed by atoms with Crippen LogP contribution in [0.1, 0.15) is 0 Å². The summed E-state index contributed by atoms with van der Waals surface area (Å²) < 4.78 is 40.1. The van der Waals surface area contributed by atoms with Crippen LogP contribution < -0.4 is 15.4 Å². The molecule has 0 fully saturated rings. The first-order valence-electron chi connectivity index (χ1n) is 8.44. The number of carbonyl (C=O) groups excluding carboxylic acids is 1. The summed E-state index contributed by atoms with van der Waals surface area (Å²) in [6.45, 7) is 0. The van der Waals surface area contributed by atoms with Gasteiger partial charge in [-0.1, -0.05) is 6.07 Å². The second-order valence-corrected chi connectivity index (χ2v) is 7.71. The van der Waals surface area contributed by atoms with E-state index in [2.05, 4.69) is 15.4 Å². The zero-order valence-corrected chi connectivity index (χ0v) is 16.0. The van der Waals surface area contributed by atoms with Gasteiger partial charge in [0.2, 0.25) is 0 Å². The number of carbonyl (C=O) groups is 1. The van der Waals surface area contributed by atoms with E-state index < -0.39 is 26.8 Å². The Bertz CT molecular complexity index is 1180. The zero-order valence-electron chi connectivity index (χ0n) is 15.2. The molecule has 3 rings (SSSR count). The SMILES string of the molecule is O=C(Nc1ccc(NS(=O)(=O)c2cccc(F)c2)cc1)Nc1ccc([N+](=O)[O-])cc1. The van der Waals surface area contributed by atoms with E-state index in [9.17, 15) is 27.7 Å². The van der Waals surface area contributed by atoms with Crippen LogP contribution in [-0.4, -0.2) is 19.4 Å². The van der Waals surface area contributed by atoms with Crippen LogP contribution >= 0.6 is 0 Å². The van der Waals surface area contributed by atoms with Crippen molar-refractivity contribution in [3.63, 3.8) is 0 Å². The molecule has 0 aliphatic carbocycles. The van der Waals surface area contributed by atoms with Gasteiger partial charge in [0, 0.05) is 29.2 Å². The Labute approximate surface area is 170 Å².